The van der Waals surface area contributed by atoms with Crippen LogP contribution in [-0.2, 0) is 14.8 Å². The van der Waals surface area contributed by atoms with Gasteiger partial charge in [-0.25, -0.2) is 8.42 Å². The summed E-state index contributed by atoms with van der Waals surface area (Å²) in [6.07, 6.45) is 3.24. The fourth-order valence-corrected chi connectivity index (χ4v) is 5.11. The highest BCUT2D eigenvalue weighted by atomic mass is 32.2. The number of carbonyl (C=O) groups excluding carboxylic acids is 1. The molecule has 2 unspecified atom stereocenters. The molecule has 2 aromatic carbocycles. The third kappa shape index (κ3) is 5.98. The van der Waals surface area contributed by atoms with Crippen LogP contribution in [0.5, 0.6) is 0 Å². The topological polar surface area (TPSA) is 78.5 Å². The number of amides is 1. The largest absolute Gasteiger partial charge is 0.380 e. The summed E-state index contributed by atoms with van der Waals surface area (Å²) in [5.74, 6) is 0.545. The molecule has 1 saturated heterocycles. The number of sulfonamides is 1. The van der Waals surface area contributed by atoms with E-state index in [2.05, 4.69) is 10.0 Å². The Balaban J connectivity index is 1.66. The molecule has 0 bridgehead atoms. The van der Waals surface area contributed by atoms with Gasteiger partial charge in [-0.3, -0.25) is 4.79 Å². The minimum Gasteiger partial charge on any atom is -0.380 e. The zero-order valence-electron chi connectivity index (χ0n) is 16.5. The van der Waals surface area contributed by atoms with Gasteiger partial charge in [-0.15, -0.1) is 0 Å². The number of anilines is 1. The number of rotatable bonds is 9. The lowest BCUT2D eigenvalue weighted by Crippen LogP contribution is -2.48. The highest BCUT2D eigenvalue weighted by molar-refractivity contribution is 7.98. The van der Waals surface area contributed by atoms with E-state index in [9.17, 15) is 13.2 Å². The van der Waals surface area contributed by atoms with Crippen molar-refractivity contribution in [3.63, 3.8) is 0 Å². The van der Waals surface area contributed by atoms with Crippen molar-refractivity contribution < 1.29 is 13.2 Å². The maximum atomic E-state index is 13.1. The average molecular weight is 434 g/mol. The maximum absolute atomic E-state index is 13.1. The summed E-state index contributed by atoms with van der Waals surface area (Å²) >= 11 is 1.60. The Bertz CT molecular complexity index is 892. The van der Waals surface area contributed by atoms with Crippen LogP contribution in [0.2, 0.25) is 0 Å². The van der Waals surface area contributed by atoms with E-state index in [0.29, 0.717) is 25.3 Å². The standard InChI is InChI=1S/C21H27N3O3S2/c1-28-15-13-20(23-29(26,27)19-10-6-3-7-11-19)21(25)24-14-12-18(16-24)22-17-8-4-2-5-9-17/h2-11,18,20,22-23H,12-16H2,1H3. The van der Waals surface area contributed by atoms with Crippen molar-refractivity contribution in [2.75, 3.05) is 30.4 Å². The first-order valence-electron chi connectivity index (χ1n) is 9.66. The molecule has 1 fully saturated rings. The number of nitrogens with zero attached hydrogens (tertiary/aromatic N) is 1. The van der Waals surface area contributed by atoms with E-state index < -0.39 is 16.1 Å². The number of nitrogens with one attached hydrogen (secondary N) is 2. The number of thioether (sulfide) groups is 1. The summed E-state index contributed by atoms with van der Waals surface area (Å²) in [6.45, 7) is 1.18. The number of benzene rings is 2. The van der Waals surface area contributed by atoms with E-state index in [-0.39, 0.29) is 16.8 Å². The molecule has 1 aliphatic heterocycles. The Morgan fingerprint density at radius 1 is 1.14 bits per heavy atom. The SMILES string of the molecule is CSCCC(NS(=O)(=O)c1ccccc1)C(=O)N1CCC(Nc2ccccc2)C1. The fourth-order valence-electron chi connectivity index (χ4n) is 3.39. The van der Waals surface area contributed by atoms with Crippen molar-refractivity contribution in [3.8, 4) is 0 Å². The van der Waals surface area contributed by atoms with E-state index in [1.807, 2.05) is 36.6 Å². The molecular weight excluding hydrogens is 406 g/mol. The predicted octanol–water partition coefficient (Wildman–Crippen LogP) is 2.80. The molecule has 1 amide bonds. The summed E-state index contributed by atoms with van der Waals surface area (Å²) < 4.78 is 28.1. The van der Waals surface area contributed by atoms with Gasteiger partial charge in [-0.1, -0.05) is 36.4 Å². The first-order valence-corrected chi connectivity index (χ1v) is 12.5. The van der Waals surface area contributed by atoms with Crippen LogP contribution in [0.15, 0.2) is 65.6 Å². The zero-order chi connectivity index (χ0) is 20.7. The summed E-state index contributed by atoms with van der Waals surface area (Å²) in [7, 11) is -3.75. The normalized spacial score (nSPS) is 17.8. The summed E-state index contributed by atoms with van der Waals surface area (Å²) in [5, 5.41) is 3.45. The second kappa shape index (κ2) is 10.1. The number of hydrogen-bond acceptors (Lipinski definition) is 5. The molecule has 29 heavy (non-hydrogen) atoms. The number of para-hydroxylation sites is 1. The second-order valence-electron chi connectivity index (χ2n) is 7.05. The first kappa shape index (κ1) is 21.7. The van der Waals surface area contributed by atoms with Gasteiger partial charge in [0, 0.05) is 24.8 Å². The predicted molar refractivity (Wildman–Crippen MR) is 119 cm³/mol. The third-order valence-corrected chi connectivity index (χ3v) is 7.04. The second-order valence-corrected chi connectivity index (χ2v) is 9.75. The molecule has 3 rings (SSSR count). The molecule has 6 nitrogen and oxygen atoms in total. The van der Waals surface area contributed by atoms with Crippen LogP contribution in [0.25, 0.3) is 0 Å². The summed E-state index contributed by atoms with van der Waals surface area (Å²) in [5.41, 5.74) is 1.02. The molecule has 2 aromatic rings. The Morgan fingerprint density at radius 2 is 1.79 bits per heavy atom. The minimum absolute atomic E-state index is 0.157. The number of hydrogen-bond donors (Lipinski definition) is 2. The molecule has 156 valence electrons. The number of carbonyl (C=O) groups is 1. The van der Waals surface area contributed by atoms with Gasteiger partial charge in [0.25, 0.3) is 0 Å². The van der Waals surface area contributed by atoms with Crippen LogP contribution in [0.4, 0.5) is 5.69 Å². The maximum Gasteiger partial charge on any atom is 0.241 e. The lowest BCUT2D eigenvalue weighted by Gasteiger charge is -2.24. The smallest absolute Gasteiger partial charge is 0.241 e. The highest BCUT2D eigenvalue weighted by Crippen LogP contribution is 2.18. The van der Waals surface area contributed by atoms with E-state index >= 15 is 0 Å². The molecule has 2 N–H and O–H groups in total. The van der Waals surface area contributed by atoms with Crippen LogP contribution in [0.3, 0.4) is 0 Å². The summed E-state index contributed by atoms with van der Waals surface area (Å²) in [4.78, 5) is 15.1. The van der Waals surface area contributed by atoms with Crippen molar-refractivity contribution >= 4 is 33.4 Å². The van der Waals surface area contributed by atoms with Gasteiger partial charge >= 0.3 is 0 Å². The van der Waals surface area contributed by atoms with Crippen molar-refractivity contribution in [1.29, 1.82) is 0 Å². The lowest BCUT2D eigenvalue weighted by atomic mass is 10.2. The van der Waals surface area contributed by atoms with Gasteiger partial charge in [-0.05, 0) is 49.1 Å². The molecule has 8 heteroatoms. The van der Waals surface area contributed by atoms with Crippen molar-refractivity contribution in [2.45, 2.75) is 29.8 Å². The molecule has 0 aliphatic carbocycles. The molecule has 0 radical (unpaired) electrons. The fraction of sp³-hybridized carbons (Fsp3) is 0.381. The molecule has 0 saturated carbocycles. The summed E-state index contributed by atoms with van der Waals surface area (Å²) in [6, 6.07) is 17.5. The zero-order valence-corrected chi connectivity index (χ0v) is 18.1. The quantitative estimate of drug-likeness (QED) is 0.636. The van der Waals surface area contributed by atoms with Crippen LogP contribution < -0.4 is 10.0 Å². The van der Waals surface area contributed by atoms with Gasteiger partial charge in [0.2, 0.25) is 15.9 Å². The van der Waals surface area contributed by atoms with Crippen LogP contribution in [-0.4, -0.2) is 56.4 Å². The molecule has 0 spiro atoms. The molecule has 1 aliphatic rings. The molecular formula is C21H27N3O3S2. The average Bonchev–Trinajstić information content (AvgIpc) is 3.20. The van der Waals surface area contributed by atoms with Gasteiger partial charge in [0.05, 0.1) is 4.90 Å². The van der Waals surface area contributed by atoms with Crippen molar-refractivity contribution in [1.82, 2.24) is 9.62 Å². The lowest BCUT2D eigenvalue weighted by molar-refractivity contribution is -0.132. The van der Waals surface area contributed by atoms with Gasteiger partial charge < -0.3 is 10.2 Å². The Kier molecular flexibility index (Phi) is 7.57. The van der Waals surface area contributed by atoms with E-state index in [4.69, 9.17) is 0 Å². The van der Waals surface area contributed by atoms with E-state index in [0.717, 1.165) is 12.1 Å². The van der Waals surface area contributed by atoms with Gasteiger partial charge in [0.1, 0.15) is 6.04 Å². The molecule has 1 heterocycles. The number of likely N-dealkylation sites (tertiary alicyclic amines) is 1. The Labute approximate surface area is 177 Å². The molecule has 2 atom stereocenters. The monoisotopic (exact) mass is 433 g/mol. The van der Waals surface area contributed by atoms with Gasteiger partial charge in [0.15, 0.2) is 0 Å². The first-order chi connectivity index (χ1) is 14.0. The Hall–Kier alpha value is -2.03. The van der Waals surface area contributed by atoms with Gasteiger partial charge in [-0.2, -0.15) is 16.5 Å². The van der Waals surface area contributed by atoms with Crippen molar-refractivity contribution in [2.24, 2.45) is 0 Å². The van der Waals surface area contributed by atoms with Crippen LogP contribution >= 0.6 is 11.8 Å². The molecule has 0 aromatic heterocycles. The Morgan fingerprint density at radius 3 is 2.45 bits per heavy atom. The highest BCUT2D eigenvalue weighted by Gasteiger charge is 2.33. The third-order valence-electron chi connectivity index (χ3n) is 4.90. The van der Waals surface area contributed by atoms with E-state index in [1.165, 1.54) is 12.1 Å². The van der Waals surface area contributed by atoms with E-state index in [1.54, 1.807) is 34.9 Å². The van der Waals surface area contributed by atoms with Crippen LogP contribution in [0.1, 0.15) is 12.8 Å². The van der Waals surface area contributed by atoms with Crippen LogP contribution in [0, 0.1) is 0 Å². The minimum atomic E-state index is -3.75. The van der Waals surface area contributed by atoms with Crippen molar-refractivity contribution in [3.05, 3.63) is 60.7 Å².